The van der Waals surface area contributed by atoms with Gasteiger partial charge >= 0.3 is 5.97 Å². The van der Waals surface area contributed by atoms with Crippen LogP contribution in [0.1, 0.15) is 11.6 Å². The number of pyridine rings is 1. The minimum atomic E-state index is -4.02. The zero-order valence-electron chi connectivity index (χ0n) is 10.6. The predicted molar refractivity (Wildman–Crippen MR) is 76.4 cm³/mol. The zero-order chi connectivity index (χ0) is 15.5. The quantitative estimate of drug-likeness (QED) is 0.874. The van der Waals surface area contributed by atoms with Crippen LogP contribution in [0.3, 0.4) is 0 Å². The Bertz CT molecular complexity index is 750. The highest BCUT2D eigenvalue weighted by Crippen LogP contribution is 2.24. The molecule has 1 aromatic carbocycles. The predicted octanol–water partition coefficient (Wildman–Crippen LogP) is 1.84. The number of benzene rings is 1. The van der Waals surface area contributed by atoms with Crippen molar-refractivity contribution in [2.45, 2.75) is 10.9 Å². The summed E-state index contributed by atoms with van der Waals surface area (Å²) in [4.78, 5) is 14.9. The summed E-state index contributed by atoms with van der Waals surface area (Å²) in [5.41, 5.74) is 0.166. The second-order valence-corrected chi connectivity index (χ2v) is 6.22. The molecule has 0 aliphatic rings. The molecule has 0 saturated carbocycles. The summed E-state index contributed by atoms with van der Waals surface area (Å²) in [6, 6.07) is 7.43. The van der Waals surface area contributed by atoms with Crippen LogP contribution in [-0.4, -0.2) is 24.5 Å². The highest BCUT2D eigenvalue weighted by atomic mass is 35.5. The lowest BCUT2D eigenvalue weighted by Crippen LogP contribution is -2.34. The van der Waals surface area contributed by atoms with Gasteiger partial charge in [-0.25, -0.2) is 8.42 Å². The average Bonchev–Trinajstić information content (AvgIpc) is 2.46. The Morgan fingerprint density at radius 3 is 2.52 bits per heavy atom. The number of carboxylic acid groups (broad SMARTS) is 1. The highest BCUT2D eigenvalue weighted by molar-refractivity contribution is 7.89. The van der Waals surface area contributed by atoms with Gasteiger partial charge in [0.05, 0.1) is 0 Å². The molecule has 1 atom stereocenters. The molecule has 6 nitrogen and oxygen atoms in total. The summed E-state index contributed by atoms with van der Waals surface area (Å²) in [6.45, 7) is 0. The van der Waals surface area contributed by atoms with Gasteiger partial charge in [0, 0.05) is 17.4 Å². The Kier molecular flexibility index (Phi) is 4.56. The van der Waals surface area contributed by atoms with E-state index >= 15 is 0 Å². The summed E-state index contributed by atoms with van der Waals surface area (Å²) in [7, 11) is -4.02. The topological polar surface area (TPSA) is 96.4 Å². The number of carboxylic acids is 1. The average molecular weight is 327 g/mol. The molecule has 2 aromatic rings. The van der Waals surface area contributed by atoms with E-state index in [0.29, 0.717) is 0 Å². The number of sulfonamides is 1. The Balaban J connectivity index is 2.38. The molecular formula is C13H11ClN2O4S. The van der Waals surface area contributed by atoms with Crippen molar-refractivity contribution in [1.29, 1.82) is 0 Å². The third kappa shape index (κ3) is 3.57. The van der Waals surface area contributed by atoms with E-state index in [1.165, 1.54) is 30.5 Å². The molecule has 2 N–H and O–H groups in total. The normalized spacial score (nSPS) is 12.8. The van der Waals surface area contributed by atoms with Gasteiger partial charge in [-0.1, -0.05) is 29.8 Å². The van der Waals surface area contributed by atoms with E-state index in [1.807, 2.05) is 0 Å². The van der Waals surface area contributed by atoms with E-state index in [9.17, 15) is 18.3 Å². The van der Waals surface area contributed by atoms with Crippen molar-refractivity contribution in [2.24, 2.45) is 0 Å². The first-order valence-electron chi connectivity index (χ1n) is 5.81. The van der Waals surface area contributed by atoms with E-state index in [4.69, 9.17) is 11.6 Å². The lowest BCUT2D eigenvalue weighted by atomic mass is 10.1. The Morgan fingerprint density at radius 1 is 1.24 bits per heavy atom. The van der Waals surface area contributed by atoms with E-state index in [2.05, 4.69) is 9.71 Å². The van der Waals surface area contributed by atoms with Crippen LogP contribution in [-0.2, 0) is 14.8 Å². The van der Waals surface area contributed by atoms with E-state index in [1.54, 1.807) is 12.1 Å². The van der Waals surface area contributed by atoms with Gasteiger partial charge in [-0.3, -0.25) is 9.78 Å². The summed E-state index contributed by atoms with van der Waals surface area (Å²) in [6.07, 6.45) is 2.55. The summed E-state index contributed by atoms with van der Waals surface area (Å²) >= 11 is 5.93. The number of nitrogens with one attached hydrogen (secondary N) is 1. The molecule has 0 aliphatic carbocycles. The number of aliphatic carboxylic acids is 1. The van der Waals surface area contributed by atoms with Crippen LogP contribution < -0.4 is 4.72 Å². The van der Waals surface area contributed by atoms with Crippen LogP contribution in [0.5, 0.6) is 0 Å². The molecule has 0 aliphatic heterocycles. The molecule has 1 heterocycles. The number of hydrogen-bond donors (Lipinski definition) is 2. The van der Waals surface area contributed by atoms with E-state index < -0.39 is 22.0 Å². The number of aromatic nitrogens is 1. The number of carbonyl (C=O) groups is 1. The molecule has 8 heteroatoms. The molecule has 110 valence electrons. The van der Waals surface area contributed by atoms with Crippen LogP contribution >= 0.6 is 11.6 Å². The van der Waals surface area contributed by atoms with Crippen molar-refractivity contribution < 1.29 is 18.3 Å². The fourth-order valence-corrected chi connectivity index (χ4v) is 3.06. The van der Waals surface area contributed by atoms with Gasteiger partial charge in [-0.15, -0.1) is 0 Å². The standard InChI is InChI=1S/C13H11ClN2O4S/c14-11-6-2-1-5-10(11)12(13(17)18)16-21(19,20)9-4-3-7-15-8-9/h1-8,12,16H,(H,17,18)/t12-/m1/s1. The van der Waals surface area contributed by atoms with Gasteiger partial charge in [0.15, 0.2) is 0 Å². The monoisotopic (exact) mass is 326 g/mol. The SMILES string of the molecule is O=C(O)[C@H](NS(=O)(=O)c1cccnc1)c1ccccc1Cl. The fraction of sp³-hybridized carbons (Fsp3) is 0.0769. The number of rotatable bonds is 5. The maximum absolute atomic E-state index is 12.2. The first-order valence-corrected chi connectivity index (χ1v) is 7.67. The molecule has 21 heavy (non-hydrogen) atoms. The van der Waals surface area contributed by atoms with Crippen molar-refractivity contribution in [3.63, 3.8) is 0 Å². The lowest BCUT2D eigenvalue weighted by Gasteiger charge is -2.16. The van der Waals surface area contributed by atoms with Crippen molar-refractivity contribution >= 4 is 27.6 Å². The van der Waals surface area contributed by atoms with Gasteiger partial charge < -0.3 is 5.11 Å². The Morgan fingerprint density at radius 2 is 1.95 bits per heavy atom. The molecule has 0 amide bonds. The van der Waals surface area contributed by atoms with Gasteiger partial charge in [0.1, 0.15) is 10.9 Å². The molecule has 2 rings (SSSR count). The van der Waals surface area contributed by atoms with Gasteiger partial charge in [-0.05, 0) is 23.8 Å². The largest absolute Gasteiger partial charge is 0.480 e. The maximum Gasteiger partial charge on any atom is 0.326 e. The molecule has 0 saturated heterocycles. The van der Waals surface area contributed by atoms with Gasteiger partial charge in [0.2, 0.25) is 10.0 Å². The van der Waals surface area contributed by atoms with Gasteiger partial charge in [-0.2, -0.15) is 4.72 Å². The summed E-state index contributed by atoms with van der Waals surface area (Å²) in [5.74, 6) is -1.35. The van der Waals surface area contributed by atoms with Gasteiger partial charge in [0.25, 0.3) is 0 Å². The number of nitrogens with zero attached hydrogens (tertiary/aromatic N) is 1. The van der Waals surface area contributed by atoms with E-state index in [0.717, 1.165) is 6.20 Å². The lowest BCUT2D eigenvalue weighted by molar-refractivity contribution is -0.139. The minimum Gasteiger partial charge on any atom is -0.480 e. The molecule has 0 bridgehead atoms. The van der Waals surface area contributed by atoms with Crippen molar-refractivity contribution in [1.82, 2.24) is 9.71 Å². The molecule has 1 aromatic heterocycles. The van der Waals surface area contributed by atoms with Crippen LogP contribution in [0.2, 0.25) is 5.02 Å². The number of halogens is 1. The first-order chi connectivity index (χ1) is 9.92. The molecule has 0 unspecified atom stereocenters. The minimum absolute atomic E-state index is 0.122. The fourth-order valence-electron chi connectivity index (χ4n) is 1.69. The van der Waals surface area contributed by atoms with Crippen LogP contribution in [0, 0.1) is 0 Å². The highest BCUT2D eigenvalue weighted by Gasteiger charge is 2.28. The molecule has 0 fully saturated rings. The molecule has 0 spiro atoms. The molecular weight excluding hydrogens is 316 g/mol. The van der Waals surface area contributed by atoms with Crippen molar-refractivity contribution in [2.75, 3.05) is 0 Å². The molecule has 0 radical (unpaired) electrons. The third-order valence-corrected chi connectivity index (χ3v) is 4.43. The first kappa shape index (κ1) is 15.4. The zero-order valence-corrected chi connectivity index (χ0v) is 12.2. The van der Waals surface area contributed by atoms with Crippen molar-refractivity contribution in [3.8, 4) is 0 Å². The maximum atomic E-state index is 12.2. The smallest absolute Gasteiger partial charge is 0.326 e. The third-order valence-electron chi connectivity index (χ3n) is 2.68. The second kappa shape index (κ2) is 6.21. The Labute approximate surface area is 126 Å². The van der Waals surface area contributed by atoms with Crippen LogP contribution in [0.4, 0.5) is 0 Å². The van der Waals surface area contributed by atoms with Crippen LogP contribution in [0.25, 0.3) is 0 Å². The second-order valence-electron chi connectivity index (χ2n) is 4.10. The van der Waals surface area contributed by atoms with Crippen molar-refractivity contribution in [3.05, 3.63) is 59.4 Å². The Hall–Kier alpha value is -1.96. The van der Waals surface area contributed by atoms with Crippen LogP contribution in [0.15, 0.2) is 53.7 Å². The summed E-state index contributed by atoms with van der Waals surface area (Å²) < 4.78 is 26.5. The van der Waals surface area contributed by atoms with E-state index in [-0.39, 0.29) is 15.5 Å². The summed E-state index contributed by atoms with van der Waals surface area (Å²) in [5, 5.41) is 9.43. The number of hydrogen-bond acceptors (Lipinski definition) is 4.